The van der Waals surface area contributed by atoms with Crippen LogP contribution in [0, 0.1) is 5.82 Å². The largest absolute Gasteiger partial charge is 0.381 e. The lowest BCUT2D eigenvalue weighted by molar-refractivity contribution is 0.619. The Kier molecular flexibility index (Phi) is 4.01. The number of nitrogens with zero attached hydrogens (tertiary/aromatic N) is 2. The molecule has 0 saturated carbocycles. The molecule has 0 radical (unpaired) electrons. The minimum Gasteiger partial charge on any atom is -0.381 e. The third-order valence-corrected chi connectivity index (χ3v) is 3.74. The number of rotatable bonds is 4. The second-order valence-electron chi connectivity index (χ2n) is 4.60. The number of hydrogen-bond donors (Lipinski definition) is 1. The van der Waals surface area contributed by atoms with Gasteiger partial charge in [-0.05, 0) is 57.9 Å². The number of hydrogen-bond acceptors (Lipinski definition) is 2. The van der Waals surface area contributed by atoms with E-state index < -0.39 is 0 Å². The normalized spacial score (nSPS) is 10.6. The highest BCUT2D eigenvalue weighted by atomic mass is 79.9. The highest BCUT2D eigenvalue weighted by Gasteiger charge is 2.02. The zero-order chi connectivity index (χ0) is 14.7. The number of benzene rings is 2. The summed E-state index contributed by atoms with van der Waals surface area (Å²) in [6, 6.07) is 14.9. The summed E-state index contributed by atoms with van der Waals surface area (Å²) in [7, 11) is 0. The molecule has 0 spiro atoms. The first-order chi connectivity index (χ1) is 10.2. The van der Waals surface area contributed by atoms with Gasteiger partial charge >= 0.3 is 0 Å². The Bertz CT molecular complexity index is 741. The summed E-state index contributed by atoms with van der Waals surface area (Å²) in [6.45, 7) is 0.562. The Morgan fingerprint density at radius 1 is 1.14 bits per heavy atom. The first-order valence-corrected chi connectivity index (χ1v) is 7.29. The lowest BCUT2D eigenvalue weighted by Gasteiger charge is -2.09. The van der Waals surface area contributed by atoms with Crippen LogP contribution in [0.4, 0.5) is 10.1 Å². The topological polar surface area (TPSA) is 29.9 Å². The van der Waals surface area contributed by atoms with E-state index in [0.29, 0.717) is 11.0 Å². The van der Waals surface area contributed by atoms with Crippen molar-refractivity contribution < 1.29 is 4.39 Å². The molecular weight excluding hydrogens is 333 g/mol. The van der Waals surface area contributed by atoms with Crippen LogP contribution in [0.25, 0.3) is 5.69 Å². The zero-order valence-corrected chi connectivity index (χ0v) is 12.7. The molecule has 3 aromatic rings. The summed E-state index contributed by atoms with van der Waals surface area (Å²) >= 11 is 3.15. The molecule has 3 nitrogen and oxygen atoms in total. The highest BCUT2D eigenvalue weighted by molar-refractivity contribution is 9.10. The standard InChI is InChI=1S/C16H13BrFN3/c17-15-6-5-12(9-16(15)18)11-19-13-3-1-4-14(10-13)21-8-2-7-20-21/h1-10,19H,11H2. The van der Waals surface area contributed by atoms with Crippen molar-refractivity contribution in [1.82, 2.24) is 9.78 Å². The van der Waals surface area contributed by atoms with Gasteiger partial charge in [-0.15, -0.1) is 0 Å². The molecular formula is C16H13BrFN3. The average molecular weight is 346 g/mol. The number of halogens is 2. The van der Waals surface area contributed by atoms with E-state index in [9.17, 15) is 4.39 Å². The van der Waals surface area contributed by atoms with Crippen molar-refractivity contribution in [2.24, 2.45) is 0 Å². The Morgan fingerprint density at radius 3 is 2.81 bits per heavy atom. The fourth-order valence-corrected chi connectivity index (χ4v) is 2.28. The first kappa shape index (κ1) is 13.8. The highest BCUT2D eigenvalue weighted by Crippen LogP contribution is 2.18. The molecule has 21 heavy (non-hydrogen) atoms. The van der Waals surface area contributed by atoms with Gasteiger partial charge in [-0.25, -0.2) is 9.07 Å². The quantitative estimate of drug-likeness (QED) is 0.760. The maximum atomic E-state index is 13.5. The van der Waals surface area contributed by atoms with Crippen molar-refractivity contribution in [3.05, 3.63) is 76.8 Å². The molecule has 1 N–H and O–H groups in total. The molecule has 1 aromatic heterocycles. The van der Waals surface area contributed by atoms with Crippen LogP contribution in [0.2, 0.25) is 0 Å². The fourth-order valence-electron chi connectivity index (χ4n) is 2.03. The summed E-state index contributed by atoms with van der Waals surface area (Å²) in [5, 5.41) is 7.49. The Labute approximate surface area is 130 Å². The van der Waals surface area contributed by atoms with Crippen molar-refractivity contribution in [2.75, 3.05) is 5.32 Å². The molecule has 0 unspecified atom stereocenters. The fraction of sp³-hybridized carbons (Fsp3) is 0.0625. The van der Waals surface area contributed by atoms with E-state index in [0.717, 1.165) is 16.9 Å². The van der Waals surface area contributed by atoms with Crippen LogP contribution >= 0.6 is 15.9 Å². The summed E-state index contributed by atoms with van der Waals surface area (Å²) in [5.41, 5.74) is 2.83. The zero-order valence-electron chi connectivity index (χ0n) is 11.1. The minimum absolute atomic E-state index is 0.250. The van der Waals surface area contributed by atoms with Crippen LogP contribution in [0.5, 0.6) is 0 Å². The van der Waals surface area contributed by atoms with Crippen LogP contribution < -0.4 is 5.32 Å². The molecule has 0 atom stereocenters. The molecule has 0 aliphatic carbocycles. The SMILES string of the molecule is Fc1cc(CNc2cccc(-n3cccn3)c2)ccc1Br. The average Bonchev–Trinajstić information content (AvgIpc) is 3.03. The Balaban J connectivity index is 1.73. The van der Waals surface area contributed by atoms with Crippen LogP contribution in [0.1, 0.15) is 5.56 Å². The van der Waals surface area contributed by atoms with Gasteiger partial charge in [0.05, 0.1) is 10.2 Å². The van der Waals surface area contributed by atoms with Crippen LogP contribution in [-0.4, -0.2) is 9.78 Å². The Morgan fingerprint density at radius 2 is 2.05 bits per heavy atom. The maximum Gasteiger partial charge on any atom is 0.137 e. The molecule has 0 bridgehead atoms. The smallest absolute Gasteiger partial charge is 0.137 e. The third kappa shape index (κ3) is 3.31. The van der Waals surface area contributed by atoms with Crippen LogP contribution in [-0.2, 0) is 6.54 Å². The summed E-state index contributed by atoms with van der Waals surface area (Å²) < 4.78 is 15.7. The van der Waals surface area contributed by atoms with Crippen molar-refractivity contribution in [1.29, 1.82) is 0 Å². The lowest BCUT2D eigenvalue weighted by Crippen LogP contribution is -2.01. The molecule has 1 heterocycles. The van der Waals surface area contributed by atoms with E-state index in [2.05, 4.69) is 26.3 Å². The van der Waals surface area contributed by atoms with Gasteiger partial charge in [0.15, 0.2) is 0 Å². The molecule has 0 fully saturated rings. The van der Waals surface area contributed by atoms with Crippen molar-refractivity contribution in [3.63, 3.8) is 0 Å². The van der Waals surface area contributed by atoms with Gasteiger partial charge in [-0.2, -0.15) is 5.10 Å². The van der Waals surface area contributed by atoms with Gasteiger partial charge in [0.25, 0.3) is 0 Å². The van der Waals surface area contributed by atoms with E-state index in [1.165, 1.54) is 6.07 Å². The summed E-state index contributed by atoms with van der Waals surface area (Å²) in [5.74, 6) is -0.250. The van der Waals surface area contributed by atoms with Gasteiger partial charge in [-0.1, -0.05) is 12.1 Å². The molecule has 2 aromatic carbocycles. The maximum absolute atomic E-state index is 13.5. The molecule has 0 aliphatic rings. The molecule has 0 amide bonds. The van der Waals surface area contributed by atoms with Gasteiger partial charge in [0, 0.05) is 24.6 Å². The third-order valence-electron chi connectivity index (χ3n) is 3.10. The van der Waals surface area contributed by atoms with Gasteiger partial charge < -0.3 is 5.32 Å². The second-order valence-corrected chi connectivity index (χ2v) is 5.46. The van der Waals surface area contributed by atoms with Crippen LogP contribution in [0.3, 0.4) is 0 Å². The molecule has 5 heteroatoms. The van der Waals surface area contributed by atoms with Crippen molar-refractivity contribution in [2.45, 2.75) is 6.54 Å². The Hall–Kier alpha value is -2.14. The van der Waals surface area contributed by atoms with Crippen LogP contribution in [0.15, 0.2) is 65.4 Å². The van der Waals surface area contributed by atoms with Gasteiger partial charge in [0.1, 0.15) is 5.82 Å². The van der Waals surface area contributed by atoms with Crippen molar-refractivity contribution in [3.8, 4) is 5.69 Å². The predicted molar refractivity (Wildman–Crippen MR) is 85.0 cm³/mol. The molecule has 106 valence electrons. The first-order valence-electron chi connectivity index (χ1n) is 6.50. The second kappa shape index (κ2) is 6.10. The van der Waals surface area contributed by atoms with Gasteiger partial charge in [0.2, 0.25) is 0 Å². The number of anilines is 1. The molecule has 0 aliphatic heterocycles. The summed E-state index contributed by atoms with van der Waals surface area (Å²) in [6.07, 6.45) is 3.63. The minimum atomic E-state index is -0.250. The van der Waals surface area contributed by atoms with E-state index in [1.54, 1.807) is 16.9 Å². The van der Waals surface area contributed by atoms with E-state index in [4.69, 9.17) is 0 Å². The molecule has 3 rings (SSSR count). The van der Waals surface area contributed by atoms with E-state index in [1.807, 2.05) is 42.6 Å². The lowest BCUT2D eigenvalue weighted by atomic mass is 10.2. The number of aromatic nitrogens is 2. The van der Waals surface area contributed by atoms with E-state index >= 15 is 0 Å². The predicted octanol–water partition coefficient (Wildman–Crippen LogP) is 4.39. The van der Waals surface area contributed by atoms with E-state index in [-0.39, 0.29) is 5.82 Å². The van der Waals surface area contributed by atoms with Gasteiger partial charge in [-0.3, -0.25) is 0 Å². The monoisotopic (exact) mass is 345 g/mol. The summed E-state index contributed by atoms with van der Waals surface area (Å²) in [4.78, 5) is 0. The number of nitrogens with one attached hydrogen (secondary N) is 1. The molecule has 0 saturated heterocycles. The van der Waals surface area contributed by atoms with Crippen molar-refractivity contribution >= 4 is 21.6 Å².